The highest BCUT2D eigenvalue weighted by Gasteiger charge is 2.33. The standard InChI is InChI=1S/C24H25O5P/c1-21(12-11-19-26-20-22-13-5-2-6-14-22)27-30(25,28-23-15-7-3-8-16-23)29-24-17-9-4-10-18-24/h2-10,13-18H,1,11-12,19-20H2. The van der Waals surface area contributed by atoms with Crippen LogP contribution in [0.5, 0.6) is 11.5 Å². The third-order valence-corrected chi connectivity index (χ3v) is 5.37. The summed E-state index contributed by atoms with van der Waals surface area (Å²) in [6.45, 7) is 4.94. The summed E-state index contributed by atoms with van der Waals surface area (Å²) < 4.78 is 35.7. The Morgan fingerprint density at radius 3 is 1.80 bits per heavy atom. The number of ether oxygens (including phenoxy) is 1. The lowest BCUT2D eigenvalue weighted by atomic mass is 10.2. The molecule has 156 valence electrons. The molecule has 0 aliphatic rings. The monoisotopic (exact) mass is 424 g/mol. The van der Waals surface area contributed by atoms with Gasteiger partial charge in [-0.1, -0.05) is 73.3 Å². The van der Waals surface area contributed by atoms with Gasteiger partial charge in [-0.05, 0) is 36.2 Å². The number of phosphoric ester groups is 1. The molecule has 0 atom stereocenters. The molecule has 0 N–H and O–H groups in total. The average molecular weight is 424 g/mol. The van der Waals surface area contributed by atoms with E-state index in [9.17, 15) is 4.57 Å². The van der Waals surface area contributed by atoms with Crippen molar-refractivity contribution in [1.29, 1.82) is 0 Å². The Morgan fingerprint density at radius 2 is 1.27 bits per heavy atom. The molecule has 0 radical (unpaired) electrons. The summed E-state index contributed by atoms with van der Waals surface area (Å²) in [6.07, 6.45) is 1.14. The first-order chi connectivity index (χ1) is 14.6. The van der Waals surface area contributed by atoms with E-state index in [1.165, 1.54) is 0 Å². The van der Waals surface area contributed by atoms with Crippen LogP contribution in [0, 0.1) is 0 Å². The lowest BCUT2D eigenvalue weighted by Gasteiger charge is -2.20. The molecule has 0 aliphatic carbocycles. The number of benzene rings is 3. The Labute approximate surface area is 177 Å². The smallest absolute Gasteiger partial charge is 0.391 e. The summed E-state index contributed by atoms with van der Waals surface area (Å²) >= 11 is 0. The molecule has 0 saturated carbocycles. The molecular formula is C24H25O5P. The maximum Gasteiger partial charge on any atom is 0.646 e. The quantitative estimate of drug-likeness (QED) is 0.182. The molecule has 3 aromatic rings. The zero-order chi connectivity index (χ0) is 21.1. The number of phosphoric acid groups is 1. The van der Waals surface area contributed by atoms with Crippen LogP contribution in [0.4, 0.5) is 0 Å². The van der Waals surface area contributed by atoms with Crippen molar-refractivity contribution in [2.24, 2.45) is 0 Å². The second kappa shape index (κ2) is 11.2. The number of hydrogen-bond donors (Lipinski definition) is 0. The number of hydrogen-bond acceptors (Lipinski definition) is 5. The maximum atomic E-state index is 13.3. The lowest BCUT2D eigenvalue weighted by molar-refractivity contribution is 0.116. The zero-order valence-corrected chi connectivity index (χ0v) is 17.6. The third kappa shape index (κ3) is 7.43. The van der Waals surface area contributed by atoms with E-state index in [1.54, 1.807) is 48.5 Å². The number of rotatable bonds is 12. The van der Waals surface area contributed by atoms with Gasteiger partial charge >= 0.3 is 7.82 Å². The highest BCUT2D eigenvalue weighted by molar-refractivity contribution is 7.49. The molecule has 0 amide bonds. The fourth-order valence-electron chi connectivity index (χ4n) is 2.62. The molecule has 0 aliphatic heterocycles. The normalized spacial score (nSPS) is 10.9. The van der Waals surface area contributed by atoms with Crippen molar-refractivity contribution in [3.05, 3.63) is 109 Å². The summed E-state index contributed by atoms with van der Waals surface area (Å²) in [7, 11) is -3.96. The van der Waals surface area contributed by atoms with Crippen molar-refractivity contribution in [1.82, 2.24) is 0 Å². The van der Waals surface area contributed by atoms with Gasteiger partial charge in [-0.25, -0.2) is 0 Å². The van der Waals surface area contributed by atoms with Crippen LogP contribution in [0.25, 0.3) is 0 Å². The highest BCUT2D eigenvalue weighted by Crippen LogP contribution is 2.51. The minimum absolute atomic E-state index is 0.313. The van der Waals surface area contributed by atoms with Crippen molar-refractivity contribution in [2.75, 3.05) is 6.61 Å². The van der Waals surface area contributed by atoms with Crippen LogP contribution < -0.4 is 9.05 Å². The third-order valence-electron chi connectivity index (χ3n) is 4.02. The van der Waals surface area contributed by atoms with Crippen LogP contribution in [0.1, 0.15) is 18.4 Å². The van der Waals surface area contributed by atoms with Gasteiger partial charge in [0.05, 0.1) is 6.61 Å². The van der Waals surface area contributed by atoms with E-state index in [1.807, 2.05) is 42.5 Å². The molecule has 5 nitrogen and oxygen atoms in total. The molecule has 3 rings (SSSR count). The van der Waals surface area contributed by atoms with Crippen molar-refractivity contribution in [3.63, 3.8) is 0 Å². The van der Waals surface area contributed by atoms with Crippen LogP contribution in [0.2, 0.25) is 0 Å². The molecular weight excluding hydrogens is 399 g/mol. The van der Waals surface area contributed by atoms with Gasteiger partial charge in [-0.3, -0.25) is 0 Å². The van der Waals surface area contributed by atoms with Gasteiger partial charge in [-0.15, -0.1) is 0 Å². The second-order valence-electron chi connectivity index (χ2n) is 6.53. The summed E-state index contributed by atoms with van der Waals surface area (Å²) in [6, 6.07) is 27.5. The van der Waals surface area contributed by atoms with Gasteiger partial charge in [0.15, 0.2) is 0 Å². The summed E-state index contributed by atoms with van der Waals surface area (Å²) in [4.78, 5) is 0. The Balaban J connectivity index is 1.52. The highest BCUT2D eigenvalue weighted by atomic mass is 31.2. The molecule has 0 heterocycles. The Bertz CT molecular complexity index is 900. The first-order valence-corrected chi connectivity index (χ1v) is 11.2. The number of allylic oxidation sites excluding steroid dienone is 1. The van der Waals surface area contributed by atoms with Crippen LogP contribution in [-0.4, -0.2) is 6.61 Å². The van der Waals surface area contributed by atoms with E-state index < -0.39 is 7.82 Å². The predicted octanol–water partition coefficient (Wildman–Crippen LogP) is 6.78. The van der Waals surface area contributed by atoms with Gasteiger partial charge in [-0.2, -0.15) is 4.57 Å². The average Bonchev–Trinajstić information content (AvgIpc) is 2.75. The van der Waals surface area contributed by atoms with E-state index in [2.05, 4.69) is 6.58 Å². The van der Waals surface area contributed by atoms with E-state index >= 15 is 0 Å². The van der Waals surface area contributed by atoms with Crippen LogP contribution >= 0.6 is 7.82 Å². The minimum atomic E-state index is -3.96. The Morgan fingerprint density at radius 1 is 0.767 bits per heavy atom. The van der Waals surface area contributed by atoms with E-state index in [4.69, 9.17) is 18.3 Å². The fraction of sp³-hybridized carbons (Fsp3) is 0.167. The molecule has 0 unspecified atom stereocenters. The molecule has 0 bridgehead atoms. The molecule has 0 aromatic heterocycles. The Kier molecular flexibility index (Phi) is 8.13. The van der Waals surface area contributed by atoms with E-state index in [-0.39, 0.29) is 0 Å². The van der Waals surface area contributed by atoms with Crippen molar-refractivity contribution >= 4 is 7.82 Å². The molecule has 0 spiro atoms. The van der Waals surface area contributed by atoms with Crippen LogP contribution in [-0.2, 0) is 20.4 Å². The predicted molar refractivity (Wildman–Crippen MR) is 117 cm³/mol. The molecule has 30 heavy (non-hydrogen) atoms. The van der Waals surface area contributed by atoms with Crippen molar-refractivity contribution in [3.8, 4) is 11.5 Å². The number of para-hydroxylation sites is 2. The van der Waals surface area contributed by atoms with Crippen LogP contribution in [0.3, 0.4) is 0 Å². The van der Waals surface area contributed by atoms with Crippen LogP contribution in [0.15, 0.2) is 103 Å². The molecule has 3 aromatic carbocycles. The van der Waals surface area contributed by atoms with E-state index in [0.29, 0.717) is 43.3 Å². The van der Waals surface area contributed by atoms with Crippen molar-refractivity contribution in [2.45, 2.75) is 19.4 Å². The molecule has 6 heteroatoms. The summed E-state index contributed by atoms with van der Waals surface area (Å²) in [5.74, 6) is 1.08. The van der Waals surface area contributed by atoms with Crippen molar-refractivity contribution < 1.29 is 22.9 Å². The van der Waals surface area contributed by atoms with Gasteiger partial charge < -0.3 is 18.3 Å². The molecule has 0 fully saturated rings. The Hall–Kier alpha value is -3.01. The largest absolute Gasteiger partial charge is 0.646 e. The summed E-state index contributed by atoms with van der Waals surface area (Å²) in [5, 5.41) is 0. The first-order valence-electron chi connectivity index (χ1n) is 9.71. The molecule has 0 saturated heterocycles. The van der Waals surface area contributed by atoms with Gasteiger partial charge in [0.25, 0.3) is 0 Å². The van der Waals surface area contributed by atoms with Gasteiger partial charge in [0.2, 0.25) is 0 Å². The first kappa shape index (κ1) is 21.7. The van der Waals surface area contributed by atoms with Gasteiger partial charge in [0.1, 0.15) is 17.3 Å². The SMILES string of the molecule is C=C(CCCOCc1ccccc1)OP(=O)(Oc1ccccc1)Oc1ccccc1. The summed E-state index contributed by atoms with van der Waals surface area (Å²) in [5.41, 5.74) is 1.12. The minimum Gasteiger partial charge on any atom is -0.391 e. The maximum absolute atomic E-state index is 13.3. The van der Waals surface area contributed by atoms with Gasteiger partial charge in [0, 0.05) is 13.0 Å². The second-order valence-corrected chi connectivity index (χ2v) is 7.97. The fourth-order valence-corrected chi connectivity index (χ4v) is 3.90. The topological polar surface area (TPSA) is 54.0 Å². The van der Waals surface area contributed by atoms with E-state index in [0.717, 1.165) is 5.56 Å². The lowest BCUT2D eigenvalue weighted by Crippen LogP contribution is -2.05. The zero-order valence-electron chi connectivity index (χ0n) is 16.7.